The lowest BCUT2D eigenvalue weighted by molar-refractivity contribution is -0.120. The molecule has 166 valence electrons. The maximum atomic E-state index is 12.3. The van der Waals surface area contributed by atoms with Crippen LogP contribution in [-0.2, 0) is 11.2 Å². The molecular formula is C21H20BrN5O4S. The number of carbonyl (C=O) groups excluding carboxylic acids is 2. The minimum absolute atomic E-state index is 0.0121. The van der Waals surface area contributed by atoms with Gasteiger partial charge in [0.25, 0.3) is 5.91 Å². The Morgan fingerprint density at radius 1 is 1.16 bits per heavy atom. The van der Waals surface area contributed by atoms with E-state index in [1.165, 1.54) is 6.21 Å². The van der Waals surface area contributed by atoms with E-state index in [1.54, 1.807) is 31.4 Å². The van der Waals surface area contributed by atoms with E-state index in [2.05, 4.69) is 42.0 Å². The summed E-state index contributed by atoms with van der Waals surface area (Å²) in [4.78, 5) is 24.4. The van der Waals surface area contributed by atoms with Gasteiger partial charge in [-0.1, -0.05) is 39.4 Å². The first-order valence-electron chi connectivity index (χ1n) is 9.46. The van der Waals surface area contributed by atoms with E-state index in [-0.39, 0.29) is 18.2 Å². The van der Waals surface area contributed by atoms with E-state index >= 15 is 0 Å². The Balaban J connectivity index is 1.48. The first-order valence-corrected chi connectivity index (χ1v) is 11.4. The van der Waals surface area contributed by atoms with E-state index < -0.39 is 0 Å². The molecule has 1 aromatic heterocycles. The van der Waals surface area contributed by atoms with Crippen LogP contribution in [0.25, 0.3) is 0 Å². The minimum Gasteiger partial charge on any atom is -0.497 e. The number of hydrazone groups is 1. The third-order valence-electron chi connectivity index (χ3n) is 3.96. The van der Waals surface area contributed by atoms with Crippen LogP contribution in [0, 0.1) is 0 Å². The van der Waals surface area contributed by atoms with Gasteiger partial charge in [0.05, 0.1) is 26.4 Å². The molecule has 0 aliphatic rings. The summed E-state index contributed by atoms with van der Waals surface area (Å²) >= 11 is 4.43. The van der Waals surface area contributed by atoms with E-state index in [4.69, 9.17) is 9.47 Å². The van der Waals surface area contributed by atoms with Crippen LogP contribution in [-0.4, -0.2) is 47.3 Å². The van der Waals surface area contributed by atoms with Gasteiger partial charge >= 0.3 is 0 Å². The molecule has 0 spiro atoms. The topological polar surface area (TPSA) is 115 Å². The number of anilines is 1. The summed E-state index contributed by atoms with van der Waals surface area (Å²) in [5.41, 5.74) is 3.69. The summed E-state index contributed by atoms with van der Waals surface area (Å²) in [6.45, 7) is 0.557. The van der Waals surface area contributed by atoms with Crippen LogP contribution in [0.5, 0.6) is 11.5 Å². The van der Waals surface area contributed by atoms with Crippen LogP contribution in [0.3, 0.4) is 0 Å². The normalized spacial score (nSPS) is 10.7. The lowest BCUT2D eigenvalue weighted by Gasteiger charge is -2.04. The first-order chi connectivity index (χ1) is 15.6. The Bertz CT molecular complexity index is 1090. The van der Waals surface area contributed by atoms with Crippen LogP contribution in [0.2, 0.25) is 0 Å². The van der Waals surface area contributed by atoms with Gasteiger partial charge in [-0.15, -0.1) is 10.2 Å². The van der Waals surface area contributed by atoms with Crippen molar-refractivity contribution in [3.8, 4) is 11.5 Å². The molecule has 1 heterocycles. The summed E-state index contributed by atoms with van der Waals surface area (Å²) < 4.78 is 10.6. The fourth-order valence-corrected chi connectivity index (χ4v) is 3.38. The number of ether oxygens (including phenoxy) is 2. The van der Waals surface area contributed by atoms with Gasteiger partial charge < -0.3 is 9.47 Å². The molecule has 0 saturated heterocycles. The van der Waals surface area contributed by atoms with E-state index in [0.717, 1.165) is 28.0 Å². The Labute approximate surface area is 197 Å². The van der Waals surface area contributed by atoms with Gasteiger partial charge in [-0.05, 0) is 42.0 Å². The number of amides is 2. The molecule has 9 nitrogen and oxygen atoms in total. The van der Waals surface area contributed by atoms with Crippen molar-refractivity contribution >= 4 is 50.4 Å². The van der Waals surface area contributed by atoms with Crippen molar-refractivity contribution in [1.29, 1.82) is 0 Å². The van der Waals surface area contributed by atoms with Crippen LogP contribution in [0.1, 0.15) is 20.9 Å². The molecule has 0 unspecified atom stereocenters. The predicted molar refractivity (Wildman–Crippen MR) is 126 cm³/mol. The number of aromatic nitrogens is 2. The number of nitrogens with one attached hydrogen (secondary N) is 2. The van der Waals surface area contributed by atoms with Crippen LogP contribution in [0.15, 0.2) is 53.6 Å². The molecule has 32 heavy (non-hydrogen) atoms. The SMILES string of the molecule is COc1ccc(C(=O)Nc2nnc(CC(=O)N/N=C/c3cccc(OCCBr)c3)s2)cc1. The van der Waals surface area contributed by atoms with Crippen molar-refractivity contribution in [1.82, 2.24) is 15.6 Å². The molecule has 0 fully saturated rings. The number of carbonyl (C=O) groups is 2. The molecule has 3 rings (SSSR count). The number of halogens is 1. The van der Waals surface area contributed by atoms with Crippen molar-refractivity contribution in [3.05, 3.63) is 64.7 Å². The third kappa shape index (κ3) is 7.13. The second-order valence-electron chi connectivity index (χ2n) is 6.26. The Morgan fingerprint density at radius 3 is 2.72 bits per heavy atom. The molecule has 11 heteroatoms. The highest BCUT2D eigenvalue weighted by atomic mass is 79.9. The van der Waals surface area contributed by atoms with Crippen molar-refractivity contribution in [2.45, 2.75) is 6.42 Å². The molecule has 0 saturated carbocycles. The minimum atomic E-state index is -0.350. The molecule has 0 aliphatic carbocycles. The number of alkyl halides is 1. The van der Waals surface area contributed by atoms with Gasteiger partial charge in [0.15, 0.2) is 0 Å². The second kappa shape index (κ2) is 11.9. The molecule has 0 radical (unpaired) electrons. The van der Waals surface area contributed by atoms with Gasteiger partial charge in [-0.3, -0.25) is 14.9 Å². The average Bonchev–Trinajstić information content (AvgIpc) is 3.24. The first kappa shape index (κ1) is 23.4. The monoisotopic (exact) mass is 517 g/mol. The van der Waals surface area contributed by atoms with Crippen molar-refractivity contribution in [2.75, 3.05) is 24.4 Å². The van der Waals surface area contributed by atoms with E-state index in [9.17, 15) is 9.59 Å². The predicted octanol–water partition coefficient (Wildman–Crippen LogP) is 3.27. The van der Waals surface area contributed by atoms with Crippen molar-refractivity contribution in [3.63, 3.8) is 0 Å². The van der Waals surface area contributed by atoms with E-state index in [0.29, 0.717) is 28.1 Å². The zero-order valence-corrected chi connectivity index (χ0v) is 19.5. The number of rotatable bonds is 10. The van der Waals surface area contributed by atoms with Gasteiger partial charge in [0, 0.05) is 10.9 Å². The highest BCUT2D eigenvalue weighted by molar-refractivity contribution is 9.09. The van der Waals surface area contributed by atoms with Gasteiger partial charge in [0.1, 0.15) is 16.5 Å². The zero-order chi connectivity index (χ0) is 22.8. The van der Waals surface area contributed by atoms with Crippen LogP contribution in [0.4, 0.5) is 5.13 Å². The quantitative estimate of drug-likeness (QED) is 0.242. The largest absolute Gasteiger partial charge is 0.497 e. The fraction of sp³-hybridized carbons (Fsp3) is 0.190. The van der Waals surface area contributed by atoms with Gasteiger partial charge in [-0.25, -0.2) is 5.43 Å². The summed E-state index contributed by atoms with van der Waals surface area (Å²) in [5.74, 6) is 0.700. The van der Waals surface area contributed by atoms with Gasteiger partial charge in [0.2, 0.25) is 11.0 Å². The summed E-state index contributed by atoms with van der Waals surface area (Å²) in [5, 5.41) is 16.0. The number of hydrogen-bond acceptors (Lipinski definition) is 8. The summed E-state index contributed by atoms with van der Waals surface area (Å²) in [7, 11) is 1.55. The number of nitrogens with zero attached hydrogens (tertiary/aromatic N) is 3. The summed E-state index contributed by atoms with van der Waals surface area (Å²) in [6.07, 6.45) is 1.52. The van der Waals surface area contributed by atoms with E-state index in [1.807, 2.05) is 24.3 Å². The molecule has 2 N–H and O–H groups in total. The number of benzene rings is 2. The lowest BCUT2D eigenvalue weighted by atomic mass is 10.2. The van der Waals surface area contributed by atoms with Crippen LogP contribution < -0.4 is 20.2 Å². The zero-order valence-electron chi connectivity index (χ0n) is 17.1. The Hall–Kier alpha value is -3.31. The van der Waals surface area contributed by atoms with Crippen molar-refractivity contribution < 1.29 is 19.1 Å². The molecular weight excluding hydrogens is 498 g/mol. The number of hydrogen-bond donors (Lipinski definition) is 2. The second-order valence-corrected chi connectivity index (χ2v) is 8.12. The maximum absolute atomic E-state index is 12.3. The molecule has 2 aromatic carbocycles. The third-order valence-corrected chi connectivity index (χ3v) is 5.12. The Kier molecular flexibility index (Phi) is 8.70. The molecule has 0 aliphatic heterocycles. The van der Waals surface area contributed by atoms with Crippen molar-refractivity contribution in [2.24, 2.45) is 5.10 Å². The highest BCUT2D eigenvalue weighted by Gasteiger charge is 2.12. The summed E-state index contributed by atoms with van der Waals surface area (Å²) in [6, 6.07) is 14.0. The smallest absolute Gasteiger partial charge is 0.257 e. The standard InChI is InChI=1S/C21H20BrN5O4S/c1-30-16-7-5-15(6-8-16)20(29)24-21-27-26-19(32-21)12-18(28)25-23-13-14-3-2-4-17(11-14)31-10-9-22/h2-8,11,13H,9-10,12H2,1H3,(H,25,28)(H,24,27,29)/b23-13+. The van der Waals surface area contributed by atoms with Gasteiger partial charge in [-0.2, -0.15) is 5.10 Å². The lowest BCUT2D eigenvalue weighted by Crippen LogP contribution is -2.19. The maximum Gasteiger partial charge on any atom is 0.257 e. The fourth-order valence-electron chi connectivity index (χ4n) is 2.48. The number of methoxy groups -OCH3 is 1. The average molecular weight is 518 g/mol. The molecule has 3 aromatic rings. The molecule has 0 atom stereocenters. The molecule has 2 amide bonds. The molecule has 0 bridgehead atoms. The highest BCUT2D eigenvalue weighted by Crippen LogP contribution is 2.18. The van der Waals surface area contributed by atoms with Crippen LogP contribution >= 0.6 is 27.3 Å². The Morgan fingerprint density at radius 2 is 1.97 bits per heavy atom.